The van der Waals surface area contributed by atoms with Gasteiger partial charge in [0.05, 0.1) is 30.9 Å². The molecule has 0 bridgehead atoms. The molecule has 3 unspecified atom stereocenters. The number of fused-ring (bicyclic) bond motifs is 3. The molecular weight excluding hydrogens is 626 g/mol. The van der Waals surface area contributed by atoms with E-state index >= 15 is 4.39 Å². The van der Waals surface area contributed by atoms with E-state index in [0.717, 1.165) is 35.0 Å². The lowest BCUT2D eigenvalue weighted by molar-refractivity contribution is 0.292. The minimum atomic E-state index is -0.642. The fourth-order valence-electron chi connectivity index (χ4n) is 5.43. The number of aromatic nitrogens is 5. The van der Waals surface area contributed by atoms with E-state index in [1.165, 1.54) is 20.0 Å². The summed E-state index contributed by atoms with van der Waals surface area (Å²) in [6.45, 7) is 5.71. The van der Waals surface area contributed by atoms with Crippen LogP contribution < -0.4 is 15.6 Å². The van der Waals surface area contributed by atoms with Gasteiger partial charge in [-0.1, -0.05) is 0 Å². The van der Waals surface area contributed by atoms with Gasteiger partial charge in [-0.3, -0.25) is 9.69 Å². The molecule has 0 amide bonds. The quantitative estimate of drug-likeness (QED) is 0.233. The first-order chi connectivity index (χ1) is 18.3. The van der Waals surface area contributed by atoms with Gasteiger partial charge < -0.3 is 15.0 Å². The predicted octanol–water partition coefficient (Wildman–Crippen LogP) is 5.13. The maximum Gasteiger partial charge on any atom is 0.318 e. The van der Waals surface area contributed by atoms with Crippen LogP contribution in [0.4, 0.5) is 14.6 Å². The standard InChI is InChI=1S/C18H17FIN6O2P.C7H12FN/c1-7-5-10-9(6-22-26(10)29-20)11(8(7)2)14-13(19)15-12(17(27)23-14)16(21-3)25-18(24-15)28-4;8-6-4-7-2-1-3-9(7)5-6/h5-6,29H,1-4H3,(H,23,27)(H,21,24,25);6-7H,1-5H2. The average molecular weight is 655 g/mol. The largest absolute Gasteiger partial charge is 0.467 e. The summed E-state index contributed by atoms with van der Waals surface area (Å²) in [4.78, 5) is 26.1. The van der Waals surface area contributed by atoms with Crippen LogP contribution in [-0.4, -0.2) is 68.9 Å². The molecule has 1 aromatic carbocycles. The monoisotopic (exact) mass is 655 g/mol. The molecule has 3 atom stereocenters. The van der Waals surface area contributed by atoms with Gasteiger partial charge in [-0.05, 0) is 78.9 Å². The van der Waals surface area contributed by atoms with E-state index in [9.17, 15) is 9.18 Å². The van der Waals surface area contributed by atoms with Crippen LogP contribution in [0.3, 0.4) is 0 Å². The van der Waals surface area contributed by atoms with Crippen molar-refractivity contribution < 1.29 is 13.5 Å². The molecule has 5 heterocycles. The Bertz CT molecular complexity index is 1570. The van der Waals surface area contributed by atoms with E-state index < -0.39 is 17.5 Å². The Hall–Kier alpha value is -2.44. The van der Waals surface area contributed by atoms with Crippen molar-refractivity contribution in [1.29, 1.82) is 0 Å². The van der Waals surface area contributed by atoms with Crippen LogP contribution >= 0.6 is 28.4 Å². The number of hydrogen-bond acceptors (Lipinski definition) is 7. The van der Waals surface area contributed by atoms with Crippen molar-refractivity contribution in [3.05, 3.63) is 39.6 Å². The molecule has 2 aliphatic heterocycles. The van der Waals surface area contributed by atoms with Crippen LogP contribution in [-0.2, 0) is 0 Å². The van der Waals surface area contributed by atoms with Gasteiger partial charge in [-0.2, -0.15) is 15.1 Å². The Morgan fingerprint density at radius 3 is 2.79 bits per heavy atom. The number of nitrogens with zero attached hydrogens (tertiary/aromatic N) is 5. The van der Waals surface area contributed by atoms with Gasteiger partial charge in [0.2, 0.25) is 0 Å². The highest BCUT2D eigenvalue weighted by molar-refractivity contribution is 14.2. The molecule has 0 spiro atoms. The molecular formula is C25H29F2IN7O2P. The number of aryl methyl sites for hydroxylation is 1. The lowest BCUT2D eigenvalue weighted by atomic mass is 9.96. The van der Waals surface area contributed by atoms with Gasteiger partial charge >= 0.3 is 6.01 Å². The molecule has 0 radical (unpaired) electrons. The topological polar surface area (TPSA) is 101 Å². The Labute approximate surface area is 233 Å². The number of halogens is 3. The lowest BCUT2D eigenvalue weighted by Gasteiger charge is -2.14. The van der Waals surface area contributed by atoms with Crippen molar-refractivity contribution in [2.24, 2.45) is 0 Å². The molecule has 4 aromatic rings. The number of ether oxygens (including phenoxy) is 1. The molecule has 2 saturated heterocycles. The third-order valence-electron chi connectivity index (χ3n) is 7.39. The van der Waals surface area contributed by atoms with Gasteiger partial charge in [0.1, 0.15) is 22.9 Å². The minimum absolute atomic E-state index is 0.0256. The lowest BCUT2D eigenvalue weighted by Crippen LogP contribution is -2.22. The van der Waals surface area contributed by atoms with Crippen LogP contribution in [0.15, 0.2) is 17.1 Å². The number of pyridine rings is 1. The molecule has 38 heavy (non-hydrogen) atoms. The van der Waals surface area contributed by atoms with E-state index in [4.69, 9.17) is 4.74 Å². The van der Waals surface area contributed by atoms with Gasteiger partial charge in [0.25, 0.3) is 5.56 Å². The number of hydrogen-bond donors (Lipinski definition) is 2. The van der Waals surface area contributed by atoms with E-state index in [-0.39, 0.29) is 28.4 Å². The normalized spacial score (nSPS) is 19.3. The highest BCUT2D eigenvalue weighted by Crippen LogP contribution is 2.38. The summed E-state index contributed by atoms with van der Waals surface area (Å²) in [5.74, 6) is -0.444. The number of alkyl halides is 1. The summed E-state index contributed by atoms with van der Waals surface area (Å²) < 4.78 is 35.3. The molecule has 6 rings (SSSR count). The highest BCUT2D eigenvalue weighted by Gasteiger charge is 2.34. The molecule has 2 aliphatic rings. The fourth-order valence-corrected chi connectivity index (χ4v) is 6.96. The first kappa shape index (κ1) is 27.1. The highest BCUT2D eigenvalue weighted by atomic mass is 127. The molecule has 202 valence electrons. The zero-order valence-corrected chi connectivity index (χ0v) is 24.7. The Morgan fingerprint density at radius 2 is 2.11 bits per heavy atom. The third-order valence-corrected chi connectivity index (χ3v) is 9.27. The van der Waals surface area contributed by atoms with Crippen molar-refractivity contribution in [2.45, 2.75) is 45.3 Å². The van der Waals surface area contributed by atoms with Crippen molar-refractivity contribution in [3.63, 3.8) is 0 Å². The molecule has 2 fully saturated rings. The summed E-state index contributed by atoms with van der Waals surface area (Å²) in [7, 11) is 2.99. The summed E-state index contributed by atoms with van der Waals surface area (Å²) in [6, 6.07) is 2.61. The summed E-state index contributed by atoms with van der Waals surface area (Å²) in [6.07, 6.45) is 4.91. The van der Waals surface area contributed by atoms with E-state index in [0.29, 0.717) is 24.5 Å². The summed E-state index contributed by atoms with van der Waals surface area (Å²) in [5, 5.41) is 8.01. The number of nitrogens with one attached hydrogen (secondary N) is 2. The molecule has 2 N–H and O–H groups in total. The molecule has 9 nitrogen and oxygen atoms in total. The minimum Gasteiger partial charge on any atom is -0.467 e. The number of rotatable bonds is 4. The zero-order chi connectivity index (χ0) is 27.1. The van der Waals surface area contributed by atoms with Crippen LogP contribution in [0, 0.1) is 19.7 Å². The van der Waals surface area contributed by atoms with Crippen LogP contribution in [0.1, 0.15) is 30.4 Å². The van der Waals surface area contributed by atoms with Crippen LogP contribution in [0.2, 0.25) is 0 Å². The number of benzene rings is 1. The molecule has 13 heteroatoms. The molecule has 0 aliphatic carbocycles. The smallest absolute Gasteiger partial charge is 0.318 e. The van der Waals surface area contributed by atoms with Gasteiger partial charge in [-0.25, -0.2) is 13.2 Å². The van der Waals surface area contributed by atoms with E-state index in [2.05, 4.69) is 52.3 Å². The Kier molecular flexibility index (Phi) is 7.84. The van der Waals surface area contributed by atoms with Gasteiger partial charge in [0, 0.05) is 30.6 Å². The average Bonchev–Trinajstić information content (AvgIpc) is 3.61. The van der Waals surface area contributed by atoms with Crippen LogP contribution in [0.25, 0.3) is 33.1 Å². The first-order valence-corrected chi connectivity index (χ1v) is 16.4. The zero-order valence-electron chi connectivity index (χ0n) is 21.5. The van der Waals surface area contributed by atoms with Crippen molar-refractivity contribution in [1.82, 2.24) is 29.4 Å². The second-order valence-corrected chi connectivity index (χ2v) is 11.6. The number of methoxy groups -OCH3 is 1. The van der Waals surface area contributed by atoms with Crippen molar-refractivity contribution in [2.75, 3.05) is 32.6 Å². The summed E-state index contributed by atoms with van der Waals surface area (Å²) in [5.41, 5.74) is 2.80. The maximum absolute atomic E-state index is 15.7. The SMILES string of the molecule is CNc1nc(OC)nc2c(F)c(-c3c(C)c(C)cc4c3cnn4PI)[nH]c(=O)c12.FC1CC2CCCN2C1. The number of H-pyrrole nitrogens is 1. The predicted molar refractivity (Wildman–Crippen MR) is 156 cm³/mol. The van der Waals surface area contributed by atoms with Crippen molar-refractivity contribution in [3.8, 4) is 17.3 Å². The second kappa shape index (κ2) is 11.0. The fraction of sp³-hybridized carbons (Fsp3) is 0.440. The maximum atomic E-state index is 15.7. The molecule has 0 saturated carbocycles. The molecule has 3 aromatic heterocycles. The van der Waals surface area contributed by atoms with E-state index in [1.807, 2.05) is 24.4 Å². The third kappa shape index (κ3) is 4.75. The van der Waals surface area contributed by atoms with Crippen molar-refractivity contribution >= 4 is 56.0 Å². The number of aromatic amines is 1. The first-order valence-electron chi connectivity index (χ1n) is 12.4. The summed E-state index contributed by atoms with van der Waals surface area (Å²) >= 11 is 2.24. The Morgan fingerprint density at radius 1 is 1.32 bits per heavy atom. The van der Waals surface area contributed by atoms with E-state index in [1.54, 1.807) is 13.2 Å². The van der Waals surface area contributed by atoms with Gasteiger partial charge in [-0.15, -0.1) is 0 Å². The second-order valence-electron chi connectivity index (χ2n) is 9.57. The van der Waals surface area contributed by atoms with Gasteiger partial charge in [0.15, 0.2) is 5.82 Å². The van der Waals surface area contributed by atoms with Crippen LogP contribution in [0.5, 0.6) is 6.01 Å². The number of anilines is 1. The Balaban J connectivity index is 0.000000273.